The number of amides is 1. The predicted octanol–water partition coefficient (Wildman–Crippen LogP) is 3.06. The summed E-state index contributed by atoms with van der Waals surface area (Å²) >= 11 is 0. The highest BCUT2D eigenvalue weighted by atomic mass is 16.5. The molecule has 1 amide bonds. The van der Waals surface area contributed by atoms with Gasteiger partial charge in [-0.15, -0.1) is 0 Å². The number of piperidine rings is 1. The van der Waals surface area contributed by atoms with E-state index in [9.17, 15) is 15.0 Å². The van der Waals surface area contributed by atoms with Crippen LogP contribution < -0.4 is 4.74 Å². The Kier molecular flexibility index (Phi) is 4.88. The first kappa shape index (κ1) is 23.4. The molecule has 2 aliphatic carbocycles. The Hall–Kier alpha value is -3.01. The van der Waals surface area contributed by atoms with Crippen LogP contribution in [0, 0.1) is 25.7 Å². The molecule has 2 fully saturated rings. The van der Waals surface area contributed by atoms with E-state index in [1.165, 1.54) is 5.56 Å². The lowest BCUT2D eigenvalue weighted by molar-refractivity contribution is -0.226. The fraction of sp³-hybridized carbons (Fsp3) is 0.500. The zero-order valence-corrected chi connectivity index (χ0v) is 21.7. The van der Waals surface area contributed by atoms with Crippen molar-refractivity contribution in [1.82, 2.24) is 9.80 Å². The van der Waals surface area contributed by atoms with E-state index in [2.05, 4.69) is 30.7 Å². The minimum absolute atomic E-state index is 0.0382. The van der Waals surface area contributed by atoms with E-state index in [-0.39, 0.29) is 23.7 Å². The van der Waals surface area contributed by atoms with Crippen LogP contribution in [0.25, 0.3) is 0 Å². The standard InChI is InChI=1S/C30H34N2O4/c1-18-6-7-20(16-19(18)2)8-11-25(34)32(5)23-12-13-30(35)24-17-21-9-10-22(33)27-26(21)29(30,14-15-31(24)4)28(23,3)36-27/h6-7,9-10,16,23-24,33,35H,12-15,17H2,1-5H3/t23-,24-,28+,29+,30-/m1/s1. The lowest BCUT2D eigenvalue weighted by Gasteiger charge is -2.67. The zero-order chi connectivity index (χ0) is 25.6. The van der Waals surface area contributed by atoms with Crippen LogP contribution in [0.2, 0.25) is 0 Å². The number of carbonyl (C=O) groups excluding carboxylic acids is 1. The van der Waals surface area contributed by atoms with E-state index >= 15 is 0 Å². The van der Waals surface area contributed by atoms with Gasteiger partial charge >= 0.3 is 0 Å². The van der Waals surface area contributed by atoms with E-state index in [1.54, 1.807) is 18.0 Å². The molecule has 2 bridgehead atoms. The molecular formula is C30H34N2O4. The topological polar surface area (TPSA) is 73.2 Å². The van der Waals surface area contributed by atoms with E-state index in [1.807, 2.05) is 38.1 Å². The highest BCUT2D eigenvalue weighted by Gasteiger charge is 2.78. The SMILES string of the molecule is Cc1ccc(C#CC(=O)N(C)[C@@H]2CC[C@@]3(O)[C@H]4Cc5ccc(O)c6c5[C@@]3(CCN4C)[C@@]2(C)O6)cc1C. The van der Waals surface area contributed by atoms with Crippen molar-refractivity contribution in [2.75, 3.05) is 20.6 Å². The van der Waals surface area contributed by atoms with E-state index < -0.39 is 16.6 Å². The maximum absolute atomic E-state index is 13.4. The molecule has 2 aliphatic heterocycles. The van der Waals surface area contributed by atoms with Crippen LogP contribution in [0.3, 0.4) is 0 Å². The fourth-order valence-corrected chi connectivity index (χ4v) is 7.92. The largest absolute Gasteiger partial charge is 0.504 e. The van der Waals surface area contributed by atoms with Crippen LogP contribution in [0.1, 0.15) is 54.0 Å². The van der Waals surface area contributed by atoms with Crippen LogP contribution in [-0.4, -0.2) is 69.8 Å². The minimum Gasteiger partial charge on any atom is -0.504 e. The van der Waals surface area contributed by atoms with Crippen molar-refractivity contribution in [3.05, 3.63) is 58.1 Å². The molecule has 2 heterocycles. The average molecular weight is 487 g/mol. The van der Waals surface area contributed by atoms with Crippen LogP contribution in [0.5, 0.6) is 11.5 Å². The predicted molar refractivity (Wildman–Crippen MR) is 137 cm³/mol. The number of aliphatic hydroxyl groups is 1. The molecule has 0 unspecified atom stereocenters. The van der Waals surface area contributed by atoms with Crippen LogP contribution in [0.15, 0.2) is 30.3 Å². The van der Waals surface area contributed by atoms with Crippen molar-refractivity contribution >= 4 is 5.91 Å². The highest BCUT2D eigenvalue weighted by molar-refractivity contribution is 5.94. The molecule has 0 aromatic heterocycles. The highest BCUT2D eigenvalue weighted by Crippen LogP contribution is 2.69. The summed E-state index contributed by atoms with van der Waals surface area (Å²) in [6.45, 7) is 6.93. The molecule has 6 nitrogen and oxygen atoms in total. The Morgan fingerprint density at radius 1 is 1.19 bits per heavy atom. The fourth-order valence-electron chi connectivity index (χ4n) is 7.92. The first-order chi connectivity index (χ1) is 17.0. The summed E-state index contributed by atoms with van der Waals surface area (Å²) < 4.78 is 6.70. The van der Waals surface area contributed by atoms with Crippen molar-refractivity contribution in [1.29, 1.82) is 0 Å². The third-order valence-corrected chi connectivity index (χ3v) is 9.93. The number of rotatable bonds is 1. The number of phenolic OH excluding ortho intramolecular Hbond substituents is 1. The Labute approximate surface area is 212 Å². The number of aromatic hydroxyl groups is 1. The molecule has 1 saturated carbocycles. The second-order valence-corrected chi connectivity index (χ2v) is 11.5. The van der Waals surface area contributed by atoms with Crippen molar-refractivity contribution < 1.29 is 19.7 Å². The van der Waals surface area contributed by atoms with Gasteiger partial charge in [0.15, 0.2) is 11.5 Å². The number of hydrogen-bond acceptors (Lipinski definition) is 5. The number of hydrogen-bond donors (Lipinski definition) is 2. The lowest BCUT2D eigenvalue weighted by atomic mass is 9.44. The molecule has 2 aromatic rings. The van der Waals surface area contributed by atoms with E-state index in [4.69, 9.17) is 4.74 Å². The van der Waals surface area contributed by atoms with E-state index in [0.29, 0.717) is 25.0 Å². The third kappa shape index (κ3) is 2.73. The second kappa shape index (κ2) is 7.50. The van der Waals surface area contributed by atoms with Gasteiger partial charge in [0.2, 0.25) is 0 Å². The van der Waals surface area contributed by atoms with Crippen molar-refractivity contribution in [3.8, 4) is 23.3 Å². The summed E-state index contributed by atoms with van der Waals surface area (Å²) in [4.78, 5) is 17.3. The molecule has 1 spiro atoms. The number of phenols is 1. The summed E-state index contributed by atoms with van der Waals surface area (Å²) in [7, 11) is 3.87. The molecular weight excluding hydrogens is 452 g/mol. The Morgan fingerprint density at radius 3 is 2.72 bits per heavy atom. The molecule has 0 radical (unpaired) electrons. The molecule has 6 rings (SSSR count). The van der Waals surface area contributed by atoms with Gasteiger partial charge in [-0.2, -0.15) is 0 Å². The monoisotopic (exact) mass is 486 g/mol. The van der Waals surface area contributed by atoms with Crippen molar-refractivity contribution in [3.63, 3.8) is 0 Å². The van der Waals surface area contributed by atoms with Gasteiger partial charge in [-0.1, -0.05) is 18.1 Å². The molecule has 2 aromatic carbocycles. The number of aryl methyl sites for hydroxylation is 2. The third-order valence-electron chi connectivity index (χ3n) is 9.93. The van der Waals surface area contributed by atoms with Gasteiger partial charge in [-0.3, -0.25) is 4.79 Å². The smallest absolute Gasteiger partial charge is 0.298 e. The number of likely N-dealkylation sites (N-methyl/N-ethyl adjacent to an activating group) is 2. The number of nitrogens with zero attached hydrogens (tertiary/aromatic N) is 2. The zero-order valence-electron chi connectivity index (χ0n) is 21.7. The first-order valence-corrected chi connectivity index (χ1v) is 12.9. The van der Waals surface area contributed by atoms with Crippen molar-refractivity contribution in [2.45, 2.75) is 75.2 Å². The number of benzene rings is 2. The molecule has 1 saturated heterocycles. The van der Waals surface area contributed by atoms with Gasteiger partial charge in [-0.05, 0) is 94.9 Å². The van der Waals surface area contributed by atoms with Crippen molar-refractivity contribution in [2.24, 2.45) is 0 Å². The van der Waals surface area contributed by atoms with Gasteiger partial charge < -0.3 is 24.7 Å². The van der Waals surface area contributed by atoms with Gasteiger partial charge in [0, 0.05) is 30.1 Å². The van der Waals surface area contributed by atoms with Crippen LogP contribution in [0.4, 0.5) is 0 Å². The second-order valence-electron chi connectivity index (χ2n) is 11.5. The van der Waals surface area contributed by atoms with Crippen LogP contribution >= 0.6 is 0 Å². The molecule has 4 aliphatic rings. The maximum atomic E-state index is 13.4. The number of likely N-dealkylation sites (tertiary alicyclic amines) is 1. The summed E-state index contributed by atoms with van der Waals surface area (Å²) in [5.74, 6) is 6.18. The normalized spacial score (nSPS) is 33.7. The van der Waals surface area contributed by atoms with Gasteiger partial charge in [0.1, 0.15) is 5.60 Å². The van der Waals surface area contributed by atoms with Crippen LogP contribution in [-0.2, 0) is 16.6 Å². The summed E-state index contributed by atoms with van der Waals surface area (Å²) in [5, 5.41) is 23.3. The maximum Gasteiger partial charge on any atom is 0.298 e. The van der Waals surface area contributed by atoms with Gasteiger partial charge in [-0.25, -0.2) is 0 Å². The Bertz CT molecular complexity index is 1360. The molecule has 36 heavy (non-hydrogen) atoms. The number of carbonyl (C=O) groups is 1. The average Bonchev–Trinajstić information content (AvgIpc) is 3.12. The van der Waals surface area contributed by atoms with E-state index in [0.717, 1.165) is 35.2 Å². The summed E-state index contributed by atoms with van der Waals surface area (Å²) in [5.41, 5.74) is 2.60. The summed E-state index contributed by atoms with van der Waals surface area (Å²) in [6.07, 6.45) is 2.57. The van der Waals surface area contributed by atoms with Gasteiger partial charge in [0.05, 0.1) is 17.1 Å². The lowest BCUT2D eigenvalue weighted by Crippen LogP contribution is -2.81. The molecule has 2 N–H and O–H groups in total. The molecule has 188 valence electrons. The first-order valence-electron chi connectivity index (χ1n) is 12.9. The number of ether oxygens (including phenoxy) is 1. The molecule has 6 heteroatoms. The quantitative estimate of drug-likeness (QED) is 0.607. The Balaban J connectivity index is 1.42. The minimum atomic E-state index is -1.01. The van der Waals surface area contributed by atoms with Gasteiger partial charge in [0.25, 0.3) is 5.91 Å². The summed E-state index contributed by atoms with van der Waals surface area (Å²) in [6, 6.07) is 9.28. The molecule has 5 atom stereocenters. The Morgan fingerprint density at radius 2 is 1.97 bits per heavy atom.